The van der Waals surface area contributed by atoms with Crippen molar-refractivity contribution >= 4 is 35.6 Å². The van der Waals surface area contributed by atoms with Gasteiger partial charge in [0.05, 0.1) is 39.6 Å². The molecule has 8 rings (SSSR count). The summed E-state index contributed by atoms with van der Waals surface area (Å²) >= 11 is 0. The Balaban J connectivity index is 0.000000224. The number of likely N-dealkylation sites (tertiary alicyclic amines) is 1. The first kappa shape index (κ1) is 59.5. The van der Waals surface area contributed by atoms with Gasteiger partial charge in [0.1, 0.15) is 23.7 Å². The molecule has 0 spiro atoms. The number of carbonyl (C=O) groups is 5. The second-order valence-corrected chi connectivity index (χ2v) is 24.2. The van der Waals surface area contributed by atoms with Crippen molar-refractivity contribution in [2.45, 2.75) is 180 Å². The summed E-state index contributed by atoms with van der Waals surface area (Å²) in [5.74, 6) is 0.610. The standard InChI is InChI=1S/C30H46N2O6.C29H43N3O7/c1-29-16-15-26(38-28(36)32-21-10-5-4-6-11-21)30(2,19-33)25(29)14-13-23(34)22(29)17-27(35)31-18-20-9-7-8-12-24(20)37-3;1-18(34)30-20-12-14-32(16-20)26(36)15-22-23(35)9-10-24-28(22,2)13-11-25(29(24,3)17-33)39-27(37)31-19-5-7-21(38-4)8-6-19/h7-9,12,21-23,25-26,33-34H,4-6,10-11,13-19H2,1-3H3,(H,31,35)(H,32,36);5-8,20,22-25,33,35H,9-17H2,1-4H3,(H,30,34)(H,31,37). The van der Waals surface area contributed by atoms with E-state index in [1.807, 2.05) is 38.1 Å². The number of methoxy groups -OCH3 is 2. The van der Waals surface area contributed by atoms with Gasteiger partial charge in [0.15, 0.2) is 0 Å². The van der Waals surface area contributed by atoms with Crippen molar-refractivity contribution in [3.05, 3.63) is 54.1 Å². The number of ether oxygens (including phenoxy) is 4. The maximum absolute atomic E-state index is 13.3. The van der Waals surface area contributed by atoms with E-state index in [9.17, 15) is 44.4 Å². The van der Waals surface area contributed by atoms with Gasteiger partial charge in [-0.1, -0.05) is 65.2 Å². The summed E-state index contributed by atoms with van der Waals surface area (Å²) in [6.45, 7) is 10.8. The van der Waals surface area contributed by atoms with Crippen LogP contribution in [0.3, 0.4) is 0 Å². The van der Waals surface area contributed by atoms with Crippen molar-refractivity contribution in [3.8, 4) is 11.5 Å². The first-order chi connectivity index (χ1) is 36.7. The predicted molar refractivity (Wildman–Crippen MR) is 290 cm³/mol. The zero-order chi connectivity index (χ0) is 55.7. The average Bonchev–Trinajstić information content (AvgIpc) is 3.93. The van der Waals surface area contributed by atoms with Crippen LogP contribution in [0.25, 0.3) is 0 Å². The van der Waals surface area contributed by atoms with Gasteiger partial charge in [-0.15, -0.1) is 0 Å². The SMILES string of the molecule is COc1ccc(NC(=O)OC2CCC3(C)C(CC(=O)N4CCC(NC(C)=O)C4)C(O)CCC3C2(C)CO)cc1.COc1ccccc1CNC(=O)CC1C(O)CCC2C(C)(CO)C(OC(=O)NC3CCCCC3)CCC12C. The van der Waals surface area contributed by atoms with Crippen LogP contribution in [0.15, 0.2) is 48.5 Å². The number of fused-ring (bicyclic) bond motifs is 2. The van der Waals surface area contributed by atoms with Crippen molar-refractivity contribution in [2.75, 3.05) is 45.8 Å². The molecule has 428 valence electrons. The van der Waals surface area contributed by atoms with Crippen LogP contribution in [0.4, 0.5) is 15.3 Å². The average molecular weight is 1080 g/mol. The minimum Gasteiger partial charge on any atom is -0.497 e. The molecule has 13 unspecified atom stereocenters. The number of hydrogen-bond acceptors (Lipinski definition) is 13. The number of aliphatic hydroxyl groups excluding tert-OH is 4. The highest BCUT2D eigenvalue weighted by Gasteiger charge is 2.62. The molecule has 0 aromatic heterocycles. The Morgan fingerprint density at radius 2 is 1.22 bits per heavy atom. The Kier molecular flexibility index (Phi) is 19.9. The van der Waals surface area contributed by atoms with Crippen LogP contribution in [0, 0.1) is 45.3 Å². The lowest BCUT2D eigenvalue weighted by atomic mass is 9.46. The lowest BCUT2D eigenvalue weighted by molar-refractivity contribution is -0.186. The molecule has 18 heteroatoms. The number of nitrogens with one attached hydrogen (secondary N) is 4. The van der Waals surface area contributed by atoms with Gasteiger partial charge >= 0.3 is 12.2 Å². The zero-order valence-electron chi connectivity index (χ0n) is 46.7. The smallest absolute Gasteiger partial charge is 0.411 e. The molecule has 0 radical (unpaired) electrons. The number of aliphatic hydroxyl groups is 4. The molecule has 5 amide bonds. The minimum absolute atomic E-state index is 0.0108. The summed E-state index contributed by atoms with van der Waals surface area (Å²) in [5, 5.41) is 55.1. The maximum Gasteiger partial charge on any atom is 0.411 e. The summed E-state index contributed by atoms with van der Waals surface area (Å²) in [4.78, 5) is 65.2. The number of alkyl carbamates (subject to hydrolysis) is 1. The third-order valence-corrected chi connectivity index (χ3v) is 19.5. The van der Waals surface area contributed by atoms with Crippen molar-refractivity contribution in [2.24, 2.45) is 45.3 Å². The van der Waals surface area contributed by atoms with Gasteiger partial charge in [-0.3, -0.25) is 19.7 Å². The molecule has 2 aromatic carbocycles. The third-order valence-electron chi connectivity index (χ3n) is 19.5. The van der Waals surface area contributed by atoms with Crippen molar-refractivity contribution < 1.29 is 63.3 Å². The van der Waals surface area contributed by atoms with E-state index in [2.05, 4.69) is 35.1 Å². The highest BCUT2D eigenvalue weighted by molar-refractivity contribution is 5.85. The van der Waals surface area contributed by atoms with Crippen LogP contribution < -0.4 is 30.7 Å². The summed E-state index contributed by atoms with van der Waals surface area (Å²) < 4.78 is 22.4. The van der Waals surface area contributed by atoms with E-state index >= 15 is 0 Å². The van der Waals surface area contributed by atoms with Gasteiger partial charge in [0, 0.05) is 73.6 Å². The lowest BCUT2D eigenvalue weighted by Crippen LogP contribution is -2.61. The second-order valence-electron chi connectivity index (χ2n) is 24.2. The first-order valence-electron chi connectivity index (χ1n) is 28.3. The molecular weight excluding hydrogens is 987 g/mol. The van der Waals surface area contributed by atoms with Gasteiger partial charge in [0.25, 0.3) is 0 Å². The Hall–Kier alpha value is -5.17. The van der Waals surface area contributed by atoms with Gasteiger partial charge in [-0.25, -0.2) is 9.59 Å². The Morgan fingerprint density at radius 1 is 0.649 bits per heavy atom. The molecule has 8 N–H and O–H groups in total. The quantitative estimate of drug-likeness (QED) is 0.0877. The molecule has 1 heterocycles. The predicted octanol–water partition coefficient (Wildman–Crippen LogP) is 7.24. The number of amides is 5. The van der Waals surface area contributed by atoms with Crippen LogP contribution in [-0.4, -0.2) is 132 Å². The molecule has 5 aliphatic carbocycles. The van der Waals surface area contributed by atoms with Crippen LogP contribution in [-0.2, 0) is 30.4 Å². The number of anilines is 1. The molecule has 1 saturated heterocycles. The van der Waals surface area contributed by atoms with Crippen molar-refractivity contribution in [3.63, 3.8) is 0 Å². The topological polar surface area (TPSA) is 255 Å². The number of nitrogens with zero attached hydrogens (tertiary/aromatic N) is 1. The minimum atomic E-state index is -0.726. The summed E-state index contributed by atoms with van der Waals surface area (Å²) in [7, 11) is 3.18. The Labute approximate surface area is 455 Å². The molecule has 0 bridgehead atoms. The van der Waals surface area contributed by atoms with Gasteiger partial charge in [0.2, 0.25) is 17.7 Å². The van der Waals surface area contributed by atoms with Crippen LogP contribution in [0.1, 0.15) is 143 Å². The van der Waals surface area contributed by atoms with E-state index in [1.54, 1.807) is 43.4 Å². The first-order valence-corrected chi connectivity index (χ1v) is 28.3. The van der Waals surface area contributed by atoms with Crippen molar-refractivity contribution in [1.82, 2.24) is 20.9 Å². The van der Waals surface area contributed by atoms with Gasteiger partial charge in [-0.2, -0.15) is 0 Å². The fraction of sp³-hybridized carbons (Fsp3) is 0.712. The zero-order valence-corrected chi connectivity index (χ0v) is 46.7. The van der Waals surface area contributed by atoms with E-state index in [4.69, 9.17) is 18.9 Å². The van der Waals surface area contributed by atoms with Crippen LogP contribution >= 0.6 is 0 Å². The molecule has 77 heavy (non-hydrogen) atoms. The summed E-state index contributed by atoms with van der Waals surface area (Å²) in [5.41, 5.74) is -0.674. The van der Waals surface area contributed by atoms with E-state index in [1.165, 1.54) is 13.3 Å². The largest absolute Gasteiger partial charge is 0.497 e. The van der Waals surface area contributed by atoms with E-state index in [0.29, 0.717) is 69.6 Å². The normalized spacial score (nSPS) is 33.9. The Bertz CT molecular complexity index is 2330. The highest BCUT2D eigenvalue weighted by atomic mass is 16.6. The highest BCUT2D eigenvalue weighted by Crippen LogP contribution is 2.63. The molecule has 2 aromatic rings. The number of hydrogen-bond donors (Lipinski definition) is 8. The molecule has 6 fully saturated rings. The molecule has 5 saturated carbocycles. The number of carbonyl (C=O) groups excluding carboxylic acids is 5. The van der Waals surface area contributed by atoms with Gasteiger partial charge in [-0.05, 0) is 135 Å². The molecular formula is C59H89N5O13. The fourth-order valence-electron chi connectivity index (χ4n) is 15.1. The second kappa shape index (κ2) is 25.7. The van der Waals surface area contributed by atoms with Crippen LogP contribution in [0.2, 0.25) is 0 Å². The van der Waals surface area contributed by atoms with Crippen molar-refractivity contribution in [1.29, 1.82) is 0 Å². The summed E-state index contributed by atoms with van der Waals surface area (Å²) in [6, 6.07) is 14.7. The lowest BCUT2D eigenvalue weighted by Gasteiger charge is -2.60. The Morgan fingerprint density at radius 3 is 1.78 bits per heavy atom. The van der Waals surface area contributed by atoms with Gasteiger partial charge < -0.3 is 60.2 Å². The van der Waals surface area contributed by atoms with E-state index in [0.717, 1.165) is 56.3 Å². The summed E-state index contributed by atoms with van der Waals surface area (Å²) in [6.07, 6.45) is 8.41. The molecule has 6 aliphatic rings. The van der Waals surface area contributed by atoms with Crippen LogP contribution in [0.5, 0.6) is 11.5 Å². The maximum atomic E-state index is 13.3. The number of rotatable bonds is 15. The number of para-hydroxylation sites is 1. The molecule has 1 aliphatic heterocycles. The molecule has 18 nitrogen and oxygen atoms in total. The fourth-order valence-corrected chi connectivity index (χ4v) is 15.1. The number of benzene rings is 2. The molecule has 13 atom stereocenters. The third kappa shape index (κ3) is 13.5. The monoisotopic (exact) mass is 1080 g/mol. The van der Waals surface area contributed by atoms with E-state index in [-0.39, 0.29) is 84.9 Å². The van der Waals surface area contributed by atoms with E-state index < -0.39 is 52.8 Å².